The van der Waals surface area contributed by atoms with Gasteiger partial charge in [-0.2, -0.15) is 0 Å². The topological polar surface area (TPSA) is 76.7 Å². The first-order valence-electron chi connectivity index (χ1n) is 8.15. The second-order valence-corrected chi connectivity index (χ2v) is 8.11. The van der Waals surface area contributed by atoms with E-state index in [0.717, 1.165) is 19.6 Å². The molecule has 1 aromatic rings. The number of hydrogen-bond donors (Lipinski definition) is 2. The summed E-state index contributed by atoms with van der Waals surface area (Å²) < 4.78 is 38.9. The van der Waals surface area contributed by atoms with Crippen LogP contribution in [-0.2, 0) is 14.8 Å². The van der Waals surface area contributed by atoms with Gasteiger partial charge in [0.2, 0.25) is 10.0 Å². The van der Waals surface area contributed by atoms with E-state index < -0.39 is 10.0 Å². The fourth-order valence-electron chi connectivity index (χ4n) is 2.47. The predicted molar refractivity (Wildman–Crippen MR) is 94.2 cm³/mol. The summed E-state index contributed by atoms with van der Waals surface area (Å²) in [6.45, 7) is 6.76. The molecule has 2 atom stereocenters. The number of ether oxygens (including phenoxy) is 2. The Labute approximate surface area is 148 Å². The Morgan fingerprint density at radius 3 is 2.92 bits per heavy atom. The SMILES string of the molecule is CCN[C@H](C)CNS(=O)(=O)c1cc(Cl)ccc1OCC1CCOC1. The zero-order valence-electron chi connectivity index (χ0n) is 14.0. The van der Waals surface area contributed by atoms with Crippen LogP contribution in [0.4, 0.5) is 0 Å². The van der Waals surface area contributed by atoms with Crippen LogP contribution >= 0.6 is 11.6 Å². The lowest BCUT2D eigenvalue weighted by Crippen LogP contribution is -2.38. The van der Waals surface area contributed by atoms with Crippen molar-refractivity contribution >= 4 is 21.6 Å². The van der Waals surface area contributed by atoms with Crippen LogP contribution in [0.15, 0.2) is 23.1 Å². The first kappa shape index (κ1) is 19.5. The Kier molecular flexibility index (Phi) is 7.31. The van der Waals surface area contributed by atoms with E-state index >= 15 is 0 Å². The van der Waals surface area contributed by atoms with E-state index in [9.17, 15) is 8.42 Å². The summed E-state index contributed by atoms with van der Waals surface area (Å²) in [5, 5.41) is 3.51. The number of halogens is 1. The molecular formula is C16H25ClN2O4S. The molecule has 1 aliphatic rings. The van der Waals surface area contributed by atoms with E-state index in [-0.39, 0.29) is 16.9 Å². The quantitative estimate of drug-likeness (QED) is 0.689. The third-order valence-electron chi connectivity index (χ3n) is 3.83. The van der Waals surface area contributed by atoms with Gasteiger partial charge in [-0.25, -0.2) is 13.1 Å². The van der Waals surface area contributed by atoms with E-state index in [0.29, 0.717) is 30.5 Å². The summed E-state index contributed by atoms with van der Waals surface area (Å²) in [5.74, 6) is 0.605. The molecule has 1 aromatic carbocycles. The fourth-order valence-corrected chi connectivity index (χ4v) is 4.00. The van der Waals surface area contributed by atoms with Crippen molar-refractivity contribution in [2.45, 2.75) is 31.2 Å². The largest absolute Gasteiger partial charge is 0.492 e. The molecule has 0 aliphatic carbocycles. The minimum Gasteiger partial charge on any atom is -0.492 e. The number of sulfonamides is 1. The Balaban J connectivity index is 2.09. The van der Waals surface area contributed by atoms with Crippen molar-refractivity contribution in [3.8, 4) is 5.75 Å². The van der Waals surface area contributed by atoms with Crippen molar-refractivity contribution in [3.05, 3.63) is 23.2 Å². The molecule has 8 heteroatoms. The van der Waals surface area contributed by atoms with Crippen LogP contribution < -0.4 is 14.8 Å². The van der Waals surface area contributed by atoms with Crippen LogP contribution in [0.5, 0.6) is 5.75 Å². The van der Waals surface area contributed by atoms with Crippen LogP contribution in [0.1, 0.15) is 20.3 Å². The highest BCUT2D eigenvalue weighted by Crippen LogP contribution is 2.28. The van der Waals surface area contributed by atoms with E-state index in [2.05, 4.69) is 10.0 Å². The molecule has 0 radical (unpaired) electrons. The van der Waals surface area contributed by atoms with Gasteiger partial charge in [-0.15, -0.1) is 0 Å². The second kappa shape index (κ2) is 9.01. The van der Waals surface area contributed by atoms with E-state index in [1.165, 1.54) is 6.07 Å². The molecule has 1 unspecified atom stereocenters. The number of rotatable bonds is 9. The molecule has 2 N–H and O–H groups in total. The third kappa shape index (κ3) is 5.60. The summed E-state index contributed by atoms with van der Waals surface area (Å²) in [4.78, 5) is 0.0672. The van der Waals surface area contributed by atoms with Gasteiger partial charge in [-0.1, -0.05) is 18.5 Å². The van der Waals surface area contributed by atoms with Crippen molar-refractivity contribution in [2.24, 2.45) is 5.92 Å². The standard InChI is InChI=1S/C16H25ClN2O4S/c1-3-18-12(2)9-19-24(20,21)16-8-14(17)4-5-15(16)23-11-13-6-7-22-10-13/h4-5,8,12-13,18-19H,3,6-7,9-11H2,1-2H3/t12-,13?/m1/s1. The maximum absolute atomic E-state index is 12.6. The maximum atomic E-state index is 12.6. The number of likely N-dealkylation sites (N-methyl/N-ethyl adjacent to an activating group) is 1. The zero-order chi connectivity index (χ0) is 17.6. The van der Waals surface area contributed by atoms with Gasteiger partial charge in [0.05, 0.1) is 13.2 Å². The van der Waals surface area contributed by atoms with Gasteiger partial charge in [0.25, 0.3) is 0 Å². The van der Waals surface area contributed by atoms with Gasteiger partial charge >= 0.3 is 0 Å². The molecule has 136 valence electrons. The number of nitrogens with one attached hydrogen (secondary N) is 2. The Bertz CT molecular complexity index is 633. The number of hydrogen-bond acceptors (Lipinski definition) is 5. The zero-order valence-corrected chi connectivity index (χ0v) is 15.6. The Morgan fingerprint density at radius 1 is 1.46 bits per heavy atom. The molecular weight excluding hydrogens is 352 g/mol. The highest BCUT2D eigenvalue weighted by molar-refractivity contribution is 7.89. The van der Waals surface area contributed by atoms with Crippen LogP contribution in [0.2, 0.25) is 5.02 Å². The molecule has 1 aliphatic heterocycles. The van der Waals surface area contributed by atoms with Crippen molar-refractivity contribution in [1.82, 2.24) is 10.0 Å². The highest BCUT2D eigenvalue weighted by Gasteiger charge is 2.23. The van der Waals surface area contributed by atoms with E-state index in [1.54, 1.807) is 12.1 Å². The minimum absolute atomic E-state index is 0.0314. The van der Waals surface area contributed by atoms with E-state index in [4.69, 9.17) is 21.1 Å². The Hall–Kier alpha value is -0.860. The number of benzene rings is 1. The summed E-state index contributed by atoms with van der Waals surface area (Å²) in [6.07, 6.45) is 0.925. The first-order chi connectivity index (χ1) is 11.4. The van der Waals surface area contributed by atoms with Crippen molar-refractivity contribution in [3.63, 3.8) is 0 Å². The molecule has 2 rings (SSSR count). The lowest BCUT2D eigenvalue weighted by atomic mass is 10.1. The van der Waals surface area contributed by atoms with Crippen molar-refractivity contribution in [2.75, 3.05) is 32.9 Å². The van der Waals surface area contributed by atoms with Crippen LogP contribution in [0.3, 0.4) is 0 Å². The molecule has 0 amide bonds. The smallest absolute Gasteiger partial charge is 0.244 e. The monoisotopic (exact) mass is 376 g/mol. The maximum Gasteiger partial charge on any atom is 0.244 e. The average Bonchev–Trinajstić information content (AvgIpc) is 3.05. The summed E-state index contributed by atoms with van der Waals surface area (Å²) in [7, 11) is -3.70. The molecule has 0 saturated carbocycles. The molecule has 1 heterocycles. The van der Waals surface area contributed by atoms with Gasteiger partial charge in [0, 0.05) is 30.1 Å². The second-order valence-electron chi connectivity index (χ2n) is 5.94. The molecule has 0 aromatic heterocycles. The molecule has 0 spiro atoms. The normalized spacial score (nSPS) is 19.4. The molecule has 24 heavy (non-hydrogen) atoms. The average molecular weight is 377 g/mol. The van der Waals surface area contributed by atoms with Gasteiger partial charge in [0.1, 0.15) is 10.6 Å². The van der Waals surface area contributed by atoms with E-state index in [1.807, 2.05) is 13.8 Å². The Morgan fingerprint density at radius 2 is 2.25 bits per heavy atom. The first-order valence-corrected chi connectivity index (χ1v) is 10.0. The third-order valence-corrected chi connectivity index (χ3v) is 5.51. The van der Waals surface area contributed by atoms with Gasteiger partial charge in [-0.3, -0.25) is 0 Å². The van der Waals surface area contributed by atoms with Gasteiger partial charge < -0.3 is 14.8 Å². The summed E-state index contributed by atoms with van der Waals surface area (Å²) in [5.41, 5.74) is 0. The highest BCUT2D eigenvalue weighted by atomic mass is 35.5. The van der Waals surface area contributed by atoms with Gasteiger partial charge in [-0.05, 0) is 38.1 Å². The summed E-state index contributed by atoms with van der Waals surface area (Å²) >= 11 is 5.98. The predicted octanol–water partition coefficient (Wildman–Crippen LogP) is 2.03. The molecule has 6 nitrogen and oxygen atoms in total. The van der Waals surface area contributed by atoms with Gasteiger partial charge in [0.15, 0.2) is 0 Å². The minimum atomic E-state index is -3.70. The molecule has 1 saturated heterocycles. The lowest BCUT2D eigenvalue weighted by molar-refractivity contribution is 0.166. The van der Waals surface area contributed by atoms with Crippen LogP contribution in [0, 0.1) is 5.92 Å². The lowest BCUT2D eigenvalue weighted by Gasteiger charge is -2.17. The fraction of sp³-hybridized carbons (Fsp3) is 0.625. The molecule has 1 fully saturated rings. The summed E-state index contributed by atoms with van der Waals surface area (Å²) in [6, 6.07) is 4.68. The van der Waals surface area contributed by atoms with Crippen LogP contribution in [-0.4, -0.2) is 47.4 Å². The molecule has 0 bridgehead atoms. The van der Waals surface area contributed by atoms with Crippen molar-refractivity contribution in [1.29, 1.82) is 0 Å². The van der Waals surface area contributed by atoms with Crippen LogP contribution in [0.25, 0.3) is 0 Å². The van der Waals surface area contributed by atoms with Crippen molar-refractivity contribution < 1.29 is 17.9 Å².